The number of allylic oxidation sites excluding steroid dienone is 1. The second-order valence-corrected chi connectivity index (χ2v) is 5.03. The van der Waals surface area contributed by atoms with E-state index >= 15 is 0 Å². The standard InChI is InChI=1S/C13H14BrN3O2/c1-16(2)7-6-11(18)10-8-15-12-5-4-9(14)13(19-3)17(10)12/h4-8H,1-3H3/b7-6+. The molecule has 0 aliphatic heterocycles. The molecular weight excluding hydrogens is 310 g/mol. The Hall–Kier alpha value is -1.82. The van der Waals surface area contributed by atoms with Crippen LogP contribution in [0.2, 0.25) is 0 Å². The number of carbonyl (C=O) groups excluding carboxylic acids is 1. The maximum absolute atomic E-state index is 12.2. The highest BCUT2D eigenvalue weighted by Gasteiger charge is 2.15. The van der Waals surface area contributed by atoms with Gasteiger partial charge in [0.05, 0.1) is 17.8 Å². The fourth-order valence-electron chi connectivity index (χ4n) is 1.69. The zero-order valence-electron chi connectivity index (χ0n) is 10.9. The number of imidazole rings is 1. The van der Waals surface area contributed by atoms with E-state index in [2.05, 4.69) is 20.9 Å². The number of hydrogen-bond donors (Lipinski definition) is 0. The molecule has 19 heavy (non-hydrogen) atoms. The van der Waals surface area contributed by atoms with Crippen LogP contribution < -0.4 is 4.74 Å². The van der Waals surface area contributed by atoms with Crippen molar-refractivity contribution in [1.29, 1.82) is 0 Å². The summed E-state index contributed by atoms with van der Waals surface area (Å²) in [6.45, 7) is 0. The lowest BCUT2D eigenvalue weighted by Gasteiger charge is -2.08. The SMILES string of the molecule is COc1c(Br)ccc2ncc(C(=O)/C=C/N(C)C)n12. The molecule has 2 aromatic rings. The molecule has 6 heteroatoms. The predicted molar refractivity (Wildman–Crippen MR) is 76.6 cm³/mol. The Kier molecular flexibility index (Phi) is 3.90. The Morgan fingerprint density at radius 3 is 2.84 bits per heavy atom. The minimum atomic E-state index is -0.127. The van der Waals surface area contributed by atoms with Gasteiger partial charge in [0, 0.05) is 26.4 Å². The number of ketones is 1. The van der Waals surface area contributed by atoms with Gasteiger partial charge in [0.15, 0.2) is 0 Å². The summed E-state index contributed by atoms with van der Waals surface area (Å²) >= 11 is 3.40. The highest BCUT2D eigenvalue weighted by Crippen LogP contribution is 2.27. The molecule has 0 fully saturated rings. The van der Waals surface area contributed by atoms with Crippen molar-refractivity contribution in [2.75, 3.05) is 21.2 Å². The minimum absolute atomic E-state index is 0.127. The molecule has 0 aliphatic carbocycles. The van der Waals surface area contributed by atoms with Crippen LogP contribution in [0.3, 0.4) is 0 Å². The molecule has 100 valence electrons. The fourth-order valence-corrected chi connectivity index (χ4v) is 2.16. The predicted octanol–water partition coefficient (Wildman–Crippen LogP) is 2.36. The number of carbonyl (C=O) groups is 1. The summed E-state index contributed by atoms with van der Waals surface area (Å²) in [5.74, 6) is 0.425. The zero-order valence-corrected chi connectivity index (χ0v) is 12.5. The molecular formula is C13H14BrN3O2. The molecule has 0 radical (unpaired) electrons. The molecule has 0 aromatic carbocycles. The number of methoxy groups -OCH3 is 1. The first-order valence-corrected chi connectivity index (χ1v) is 6.43. The van der Waals surface area contributed by atoms with E-state index in [0.29, 0.717) is 17.2 Å². The average Bonchev–Trinajstić information content (AvgIpc) is 2.79. The third-order valence-electron chi connectivity index (χ3n) is 2.55. The van der Waals surface area contributed by atoms with Crippen LogP contribution >= 0.6 is 15.9 Å². The molecule has 2 aromatic heterocycles. The Bertz CT molecular complexity index is 647. The summed E-state index contributed by atoms with van der Waals surface area (Å²) in [5.41, 5.74) is 1.13. The molecule has 2 heterocycles. The fraction of sp³-hybridized carbons (Fsp3) is 0.231. The third kappa shape index (κ3) is 2.63. The quantitative estimate of drug-likeness (QED) is 0.640. The van der Waals surface area contributed by atoms with Crippen LogP contribution in [0.5, 0.6) is 5.88 Å². The van der Waals surface area contributed by atoms with E-state index in [1.807, 2.05) is 26.2 Å². The van der Waals surface area contributed by atoms with Gasteiger partial charge in [0.1, 0.15) is 11.3 Å². The summed E-state index contributed by atoms with van der Waals surface area (Å²) in [6, 6.07) is 3.66. The van der Waals surface area contributed by atoms with E-state index < -0.39 is 0 Å². The van der Waals surface area contributed by atoms with E-state index in [-0.39, 0.29) is 5.78 Å². The lowest BCUT2D eigenvalue weighted by Crippen LogP contribution is -2.06. The highest BCUT2D eigenvalue weighted by atomic mass is 79.9. The van der Waals surface area contributed by atoms with Gasteiger partial charge in [-0.15, -0.1) is 0 Å². The first-order chi connectivity index (χ1) is 9.04. The van der Waals surface area contributed by atoms with Gasteiger partial charge in [-0.2, -0.15) is 0 Å². The Morgan fingerprint density at radius 1 is 1.47 bits per heavy atom. The van der Waals surface area contributed by atoms with Crippen LogP contribution in [-0.2, 0) is 0 Å². The molecule has 0 spiro atoms. The Morgan fingerprint density at radius 2 is 2.21 bits per heavy atom. The van der Waals surface area contributed by atoms with Gasteiger partial charge in [0.25, 0.3) is 0 Å². The van der Waals surface area contributed by atoms with Gasteiger partial charge in [-0.25, -0.2) is 4.98 Å². The first-order valence-electron chi connectivity index (χ1n) is 5.63. The molecule has 2 rings (SSSR count). The van der Waals surface area contributed by atoms with E-state index in [4.69, 9.17) is 4.74 Å². The average molecular weight is 324 g/mol. The summed E-state index contributed by atoms with van der Waals surface area (Å²) in [5, 5.41) is 0. The number of rotatable bonds is 4. The highest BCUT2D eigenvalue weighted by molar-refractivity contribution is 9.10. The van der Waals surface area contributed by atoms with Gasteiger partial charge in [-0.05, 0) is 28.1 Å². The van der Waals surface area contributed by atoms with E-state index in [0.717, 1.165) is 4.47 Å². The van der Waals surface area contributed by atoms with Crippen LogP contribution in [0.4, 0.5) is 0 Å². The van der Waals surface area contributed by atoms with Crippen LogP contribution in [0.15, 0.2) is 35.1 Å². The van der Waals surface area contributed by atoms with Gasteiger partial charge in [-0.1, -0.05) is 0 Å². The van der Waals surface area contributed by atoms with Crippen molar-refractivity contribution < 1.29 is 9.53 Å². The number of nitrogens with zero attached hydrogens (tertiary/aromatic N) is 3. The van der Waals surface area contributed by atoms with Gasteiger partial charge < -0.3 is 9.64 Å². The van der Waals surface area contributed by atoms with Gasteiger partial charge in [-0.3, -0.25) is 9.20 Å². The van der Waals surface area contributed by atoms with Crippen LogP contribution in [0.25, 0.3) is 5.65 Å². The van der Waals surface area contributed by atoms with Crippen LogP contribution in [0.1, 0.15) is 10.5 Å². The van der Waals surface area contributed by atoms with E-state index in [9.17, 15) is 4.79 Å². The number of pyridine rings is 1. The Balaban J connectivity index is 2.56. The molecule has 0 N–H and O–H groups in total. The maximum Gasteiger partial charge on any atom is 0.214 e. The van der Waals surface area contributed by atoms with Crippen molar-refractivity contribution in [3.63, 3.8) is 0 Å². The van der Waals surface area contributed by atoms with E-state index in [1.54, 1.807) is 28.8 Å². The van der Waals surface area contributed by atoms with E-state index in [1.165, 1.54) is 6.08 Å². The lowest BCUT2D eigenvalue weighted by molar-refractivity contribution is 0.103. The molecule has 5 nitrogen and oxygen atoms in total. The van der Waals surface area contributed by atoms with Crippen molar-refractivity contribution in [2.45, 2.75) is 0 Å². The summed E-state index contributed by atoms with van der Waals surface area (Å²) in [7, 11) is 5.27. The second-order valence-electron chi connectivity index (χ2n) is 4.17. The van der Waals surface area contributed by atoms with Crippen molar-refractivity contribution >= 4 is 27.4 Å². The molecule has 0 saturated carbocycles. The monoisotopic (exact) mass is 323 g/mol. The summed E-state index contributed by atoms with van der Waals surface area (Å²) in [6.07, 6.45) is 4.75. The lowest BCUT2D eigenvalue weighted by atomic mass is 10.3. The molecule has 0 atom stereocenters. The minimum Gasteiger partial charge on any atom is -0.481 e. The largest absolute Gasteiger partial charge is 0.481 e. The molecule has 0 bridgehead atoms. The van der Waals surface area contributed by atoms with Gasteiger partial charge in [0.2, 0.25) is 11.7 Å². The van der Waals surface area contributed by atoms with Crippen molar-refractivity contribution in [2.24, 2.45) is 0 Å². The summed E-state index contributed by atoms with van der Waals surface area (Å²) in [4.78, 5) is 18.2. The molecule has 0 aliphatic rings. The van der Waals surface area contributed by atoms with Crippen molar-refractivity contribution in [1.82, 2.24) is 14.3 Å². The number of ether oxygens (including phenoxy) is 1. The Labute approximate surface area is 119 Å². The van der Waals surface area contributed by atoms with Crippen LogP contribution in [0, 0.1) is 0 Å². The number of halogens is 1. The van der Waals surface area contributed by atoms with Crippen LogP contribution in [-0.4, -0.2) is 41.3 Å². The normalized spacial score (nSPS) is 11.2. The third-order valence-corrected chi connectivity index (χ3v) is 3.15. The second kappa shape index (κ2) is 5.44. The van der Waals surface area contributed by atoms with Crippen molar-refractivity contribution in [3.05, 3.63) is 40.8 Å². The smallest absolute Gasteiger partial charge is 0.214 e. The number of fused-ring (bicyclic) bond motifs is 1. The molecule has 0 unspecified atom stereocenters. The number of aromatic nitrogens is 2. The van der Waals surface area contributed by atoms with Gasteiger partial charge >= 0.3 is 0 Å². The maximum atomic E-state index is 12.2. The first kappa shape index (κ1) is 13.6. The molecule has 0 amide bonds. The molecule has 0 saturated heterocycles. The van der Waals surface area contributed by atoms with Crippen molar-refractivity contribution in [3.8, 4) is 5.88 Å². The zero-order chi connectivity index (χ0) is 14.0. The topological polar surface area (TPSA) is 46.8 Å². The summed E-state index contributed by atoms with van der Waals surface area (Å²) < 4.78 is 7.78. The number of hydrogen-bond acceptors (Lipinski definition) is 4.